The molecule has 0 spiro atoms. The van der Waals surface area contributed by atoms with Crippen molar-refractivity contribution in [1.82, 2.24) is 14.1 Å². The summed E-state index contributed by atoms with van der Waals surface area (Å²) in [6, 6.07) is 8.45. The van der Waals surface area contributed by atoms with Crippen molar-refractivity contribution in [2.45, 2.75) is 38.3 Å². The molecule has 1 amide bonds. The lowest BCUT2D eigenvalue weighted by Crippen LogP contribution is -2.38. The smallest absolute Gasteiger partial charge is 0.263 e. The average Bonchev–Trinajstić information content (AvgIpc) is 3.14. The molecule has 8 nitrogen and oxygen atoms in total. The second-order valence-electron chi connectivity index (χ2n) is 6.94. The highest BCUT2D eigenvalue weighted by molar-refractivity contribution is 7.89. The monoisotopic (exact) mass is 401 g/mol. The minimum Gasteiger partial charge on any atom is -0.322 e. The zero-order chi connectivity index (χ0) is 20.3. The lowest BCUT2D eigenvalue weighted by atomic mass is 10.0. The molecule has 1 N–H and O–H groups in total. The Kier molecular flexibility index (Phi) is 5.82. The highest BCUT2D eigenvalue weighted by Crippen LogP contribution is 2.25. The molecule has 1 saturated heterocycles. The van der Waals surface area contributed by atoms with Gasteiger partial charge in [-0.3, -0.25) is 9.48 Å². The summed E-state index contributed by atoms with van der Waals surface area (Å²) < 4.78 is 29.1. The fourth-order valence-corrected chi connectivity index (χ4v) is 4.69. The molecule has 28 heavy (non-hydrogen) atoms. The molecule has 2 heterocycles. The number of nitrogens with one attached hydrogen (secondary N) is 1. The van der Waals surface area contributed by atoms with Gasteiger partial charge in [-0.2, -0.15) is 14.7 Å². The molecular formula is C19H23N5O3S. The number of anilines is 1. The summed E-state index contributed by atoms with van der Waals surface area (Å²) in [7, 11) is -3.87. The van der Waals surface area contributed by atoms with Crippen molar-refractivity contribution in [3.05, 3.63) is 41.6 Å². The number of nitrogens with zero attached hydrogens (tertiary/aromatic N) is 4. The summed E-state index contributed by atoms with van der Waals surface area (Å²) in [6.45, 7) is 5.21. The van der Waals surface area contributed by atoms with Crippen LogP contribution in [0.3, 0.4) is 0 Å². The molecule has 1 fully saturated rings. The second kappa shape index (κ2) is 8.12. The molecule has 0 aliphatic carbocycles. The average molecular weight is 401 g/mol. The van der Waals surface area contributed by atoms with Crippen LogP contribution in [0.5, 0.6) is 0 Å². The maximum Gasteiger partial charge on any atom is 0.263 e. The largest absolute Gasteiger partial charge is 0.322 e. The molecule has 148 valence electrons. The number of benzene rings is 1. The molecule has 0 saturated carbocycles. The minimum atomic E-state index is -3.87. The quantitative estimate of drug-likeness (QED) is 0.828. The van der Waals surface area contributed by atoms with E-state index in [4.69, 9.17) is 5.26 Å². The molecular weight excluding hydrogens is 378 g/mol. The summed E-state index contributed by atoms with van der Waals surface area (Å²) >= 11 is 0. The van der Waals surface area contributed by atoms with Gasteiger partial charge in [-0.05, 0) is 43.9 Å². The van der Waals surface area contributed by atoms with Crippen LogP contribution in [0.25, 0.3) is 0 Å². The molecule has 2 aromatic rings. The standard InChI is InChI=1S/C19H23N5O3S/c1-3-23-13-17(18(25)21-16-6-4-5-15(11-16)12-20)19(22-23)28(26,27)24-9-7-14(2)8-10-24/h4-6,11,13-14H,3,7-10H2,1-2H3,(H,21,25). The van der Waals surface area contributed by atoms with Crippen LogP contribution in [-0.4, -0.2) is 41.5 Å². The van der Waals surface area contributed by atoms with Crippen LogP contribution < -0.4 is 5.32 Å². The van der Waals surface area contributed by atoms with Crippen molar-refractivity contribution in [2.75, 3.05) is 18.4 Å². The van der Waals surface area contributed by atoms with Gasteiger partial charge in [-0.1, -0.05) is 13.0 Å². The first-order chi connectivity index (χ1) is 13.3. The number of hydrogen-bond donors (Lipinski definition) is 1. The van der Waals surface area contributed by atoms with Gasteiger partial charge in [0.25, 0.3) is 15.9 Å². The topological polar surface area (TPSA) is 108 Å². The Labute approximate surface area is 164 Å². The van der Waals surface area contributed by atoms with Gasteiger partial charge in [-0.15, -0.1) is 0 Å². The summed E-state index contributed by atoms with van der Waals surface area (Å²) in [4.78, 5) is 12.8. The predicted octanol–water partition coefficient (Wildman–Crippen LogP) is 2.45. The van der Waals surface area contributed by atoms with Gasteiger partial charge in [0, 0.05) is 31.5 Å². The second-order valence-corrected chi connectivity index (χ2v) is 8.79. The van der Waals surface area contributed by atoms with E-state index in [-0.39, 0.29) is 10.6 Å². The molecule has 9 heteroatoms. The van der Waals surface area contributed by atoms with Gasteiger partial charge in [-0.25, -0.2) is 8.42 Å². The summed E-state index contributed by atoms with van der Waals surface area (Å²) in [5.41, 5.74) is 0.823. The fraction of sp³-hybridized carbons (Fsp3) is 0.421. The Hall–Kier alpha value is -2.70. The fourth-order valence-electron chi connectivity index (χ4n) is 3.12. The van der Waals surface area contributed by atoms with E-state index in [0.717, 1.165) is 12.8 Å². The third-order valence-corrected chi connectivity index (χ3v) is 6.71. The van der Waals surface area contributed by atoms with Crippen LogP contribution in [0.4, 0.5) is 5.69 Å². The first-order valence-electron chi connectivity index (χ1n) is 9.24. The number of carbonyl (C=O) groups excluding carboxylic acids is 1. The number of carbonyl (C=O) groups is 1. The summed E-state index contributed by atoms with van der Waals surface area (Å²) in [6.07, 6.45) is 3.02. The molecule has 1 aromatic heterocycles. The van der Waals surface area contributed by atoms with Gasteiger partial charge < -0.3 is 5.32 Å². The SMILES string of the molecule is CCn1cc(C(=O)Nc2cccc(C#N)c2)c(S(=O)(=O)N2CCC(C)CC2)n1. The Morgan fingerprint density at radius 3 is 2.71 bits per heavy atom. The third-order valence-electron chi connectivity index (χ3n) is 4.87. The van der Waals surface area contributed by atoms with Crippen molar-refractivity contribution in [1.29, 1.82) is 5.26 Å². The maximum atomic E-state index is 13.1. The number of hydrogen-bond acceptors (Lipinski definition) is 5. The number of sulfonamides is 1. The molecule has 0 bridgehead atoms. The first-order valence-corrected chi connectivity index (χ1v) is 10.7. The van der Waals surface area contributed by atoms with Crippen molar-refractivity contribution in [3.63, 3.8) is 0 Å². The van der Waals surface area contributed by atoms with Crippen LogP contribution >= 0.6 is 0 Å². The number of piperidine rings is 1. The van der Waals surface area contributed by atoms with Crippen LogP contribution in [0.2, 0.25) is 0 Å². The van der Waals surface area contributed by atoms with E-state index in [1.165, 1.54) is 21.3 Å². The predicted molar refractivity (Wildman–Crippen MR) is 104 cm³/mol. The van der Waals surface area contributed by atoms with Gasteiger partial charge in [0.05, 0.1) is 17.2 Å². The Morgan fingerprint density at radius 1 is 1.36 bits per heavy atom. The van der Waals surface area contributed by atoms with Gasteiger partial charge in [0.2, 0.25) is 5.03 Å². The normalized spacial score (nSPS) is 15.9. The third kappa shape index (κ3) is 4.08. The zero-order valence-corrected chi connectivity index (χ0v) is 16.7. The minimum absolute atomic E-state index is 0.00262. The zero-order valence-electron chi connectivity index (χ0n) is 15.9. The molecule has 0 radical (unpaired) electrons. The lowest BCUT2D eigenvalue weighted by Gasteiger charge is -2.28. The Morgan fingerprint density at radius 2 is 2.07 bits per heavy atom. The van der Waals surface area contributed by atoms with Gasteiger partial charge in [0.1, 0.15) is 0 Å². The maximum absolute atomic E-state index is 13.1. The lowest BCUT2D eigenvalue weighted by molar-refractivity contribution is 0.102. The van der Waals surface area contributed by atoms with Crippen molar-refractivity contribution >= 4 is 21.6 Å². The Balaban J connectivity index is 1.92. The highest BCUT2D eigenvalue weighted by Gasteiger charge is 2.34. The van der Waals surface area contributed by atoms with Crippen molar-refractivity contribution in [2.24, 2.45) is 5.92 Å². The molecule has 1 aliphatic rings. The van der Waals surface area contributed by atoms with Gasteiger partial charge >= 0.3 is 0 Å². The first kappa shape index (κ1) is 20.0. The van der Waals surface area contributed by atoms with E-state index in [0.29, 0.717) is 36.8 Å². The summed E-state index contributed by atoms with van der Waals surface area (Å²) in [5, 5.41) is 15.6. The van der Waals surface area contributed by atoms with Crippen LogP contribution in [0, 0.1) is 17.2 Å². The number of aromatic nitrogens is 2. The van der Waals surface area contributed by atoms with E-state index in [2.05, 4.69) is 17.3 Å². The van der Waals surface area contributed by atoms with E-state index in [1.807, 2.05) is 13.0 Å². The van der Waals surface area contributed by atoms with Crippen molar-refractivity contribution in [3.8, 4) is 6.07 Å². The molecule has 1 aromatic carbocycles. The number of amides is 1. The molecule has 0 unspecified atom stereocenters. The Bertz CT molecular complexity index is 1010. The summed E-state index contributed by atoms with van der Waals surface area (Å²) in [5.74, 6) is -0.0893. The van der Waals surface area contributed by atoms with Crippen LogP contribution in [-0.2, 0) is 16.6 Å². The number of aryl methyl sites for hydroxylation is 1. The number of nitriles is 1. The highest BCUT2D eigenvalue weighted by atomic mass is 32.2. The van der Waals surface area contributed by atoms with Crippen LogP contribution in [0.15, 0.2) is 35.5 Å². The van der Waals surface area contributed by atoms with Gasteiger partial charge in [0.15, 0.2) is 0 Å². The van der Waals surface area contributed by atoms with E-state index in [1.54, 1.807) is 18.2 Å². The van der Waals surface area contributed by atoms with E-state index in [9.17, 15) is 13.2 Å². The van der Waals surface area contributed by atoms with Crippen LogP contribution in [0.1, 0.15) is 42.6 Å². The molecule has 1 aliphatic heterocycles. The van der Waals surface area contributed by atoms with Crippen molar-refractivity contribution < 1.29 is 13.2 Å². The van der Waals surface area contributed by atoms with E-state index >= 15 is 0 Å². The molecule has 3 rings (SSSR count). The molecule has 0 atom stereocenters. The number of rotatable bonds is 5. The van der Waals surface area contributed by atoms with E-state index < -0.39 is 15.9 Å².